The molecule has 1 saturated heterocycles. The van der Waals surface area contributed by atoms with E-state index < -0.39 is 35.0 Å². The molecule has 2 aromatic rings. The Hall–Kier alpha value is -2.10. The minimum Gasteiger partial charge on any atom is -0.373 e. The topological polar surface area (TPSA) is 38.5 Å². The van der Waals surface area contributed by atoms with Gasteiger partial charge in [-0.25, -0.2) is 5.01 Å². The molecule has 1 aliphatic rings. The summed E-state index contributed by atoms with van der Waals surface area (Å²) in [4.78, 5) is 0. The lowest BCUT2D eigenvalue weighted by molar-refractivity contribution is -0.143. The second kappa shape index (κ2) is 8.80. The van der Waals surface area contributed by atoms with Gasteiger partial charge in [-0.15, -0.1) is 0 Å². The van der Waals surface area contributed by atoms with Crippen molar-refractivity contribution in [1.82, 2.24) is 5.01 Å². The Morgan fingerprint density at radius 2 is 1.45 bits per heavy atom. The molecule has 3 rings (SSSR count). The first-order valence-corrected chi connectivity index (χ1v) is 9.87. The summed E-state index contributed by atoms with van der Waals surface area (Å²) in [6.45, 7) is 2.83. The predicted molar refractivity (Wildman–Crippen MR) is 104 cm³/mol. The molecule has 0 spiro atoms. The number of ether oxygens (including phenoxy) is 1. The summed E-state index contributed by atoms with van der Waals surface area (Å²) in [6.07, 6.45) is -9.42. The molecule has 0 saturated carbocycles. The summed E-state index contributed by atoms with van der Waals surface area (Å²) in [5.74, 6) is 5.88. The van der Waals surface area contributed by atoms with E-state index in [-0.39, 0.29) is 18.2 Å². The molecule has 1 aliphatic heterocycles. The van der Waals surface area contributed by atoms with Gasteiger partial charge in [-0.2, -0.15) is 26.3 Å². The Kier molecular flexibility index (Phi) is 6.69. The van der Waals surface area contributed by atoms with Gasteiger partial charge in [0.15, 0.2) is 0 Å². The molecule has 1 heterocycles. The Balaban J connectivity index is 1.87. The molecule has 1 unspecified atom stereocenters. The third-order valence-electron chi connectivity index (χ3n) is 5.83. The van der Waals surface area contributed by atoms with Gasteiger partial charge in [-0.3, -0.25) is 5.84 Å². The molecule has 1 atom stereocenters. The first-order chi connectivity index (χ1) is 14.4. The van der Waals surface area contributed by atoms with Crippen LogP contribution in [0.3, 0.4) is 0 Å². The van der Waals surface area contributed by atoms with Crippen LogP contribution in [0.1, 0.15) is 48.1 Å². The van der Waals surface area contributed by atoms with Gasteiger partial charge in [-0.05, 0) is 49.1 Å². The number of benzene rings is 2. The number of nitrogens with zero attached hydrogens (tertiary/aromatic N) is 1. The molecule has 0 radical (unpaired) electrons. The fraction of sp³-hybridized carbons (Fsp3) is 0.455. The molecule has 2 aromatic carbocycles. The minimum atomic E-state index is -4.89. The number of alkyl halides is 6. The van der Waals surface area contributed by atoms with E-state index in [1.165, 1.54) is 6.92 Å². The highest BCUT2D eigenvalue weighted by atomic mass is 19.4. The molecule has 0 amide bonds. The smallest absolute Gasteiger partial charge is 0.373 e. The Morgan fingerprint density at radius 1 is 0.935 bits per heavy atom. The lowest BCUT2D eigenvalue weighted by atomic mass is 9.73. The van der Waals surface area contributed by atoms with E-state index in [0.717, 1.165) is 17.7 Å². The number of nitrogens with two attached hydrogens (primary N) is 1. The van der Waals surface area contributed by atoms with E-state index in [1.54, 1.807) is 5.01 Å². The van der Waals surface area contributed by atoms with Crippen molar-refractivity contribution in [2.24, 2.45) is 5.84 Å². The van der Waals surface area contributed by atoms with Gasteiger partial charge in [0.1, 0.15) is 0 Å². The second-order valence-corrected chi connectivity index (χ2v) is 7.97. The molecular weight excluding hydrogens is 422 g/mol. The zero-order valence-corrected chi connectivity index (χ0v) is 16.9. The lowest BCUT2D eigenvalue weighted by Gasteiger charge is -2.41. The molecule has 1 fully saturated rings. The number of hydrazine groups is 1. The Labute approximate surface area is 176 Å². The first kappa shape index (κ1) is 23.6. The van der Waals surface area contributed by atoms with Gasteiger partial charge in [0.2, 0.25) is 0 Å². The third kappa shape index (κ3) is 5.58. The molecule has 3 nitrogen and oxygen atoms in total. The van der Waals surface area contributed by atoms with Crippen LogP contribution in [0.15, 0.2) is 48.5 Å². The molecule has 9 heteroatoms. The number of hydrogen-bond donors (Lipinski definition) is 1. The van der Waals surface area contributed by atoms with E-state index in [4.69, 9.17) is 10.6 Å². The fourth-order valence-electron chi connectivity index (χ4n) is 3.85. The van der Waals surface area contributed by atoms with Gasteiger partial charge in [0, 0.05) is 18.5 Å². The summed E-state index contributed by atoms with van der Waals surface area (Å²) in [6, 6.07) is 11.1. The van der Waals surface area contributed by atoms with Crippen LogP contribution in [0.25, 0.3) is 0 Å². The summed E-state index contributed by atoms with van der Waals surface area (Å²) >= 11 is 0. The minimum absolute atomic E-state index is 0.124. The van der Waals surface area contributed by atoms with Crippen LogP contribution in [0.5, 0.6) is 0 Å². The van der Waals surface area contributed by atoms with Crippen LogP contribution in [0, 0.1) is 0 Å². The molecule has 0 aromatic heterocycles. The number of rotatable bonds is 5. The van der Waals surface area contributed by atoms with E-state index >= 15 is 0 Å². The van der Waals surface area contributed by atoms with Crippen LogP contribution >= 0.6 is 0 Å². The Bertz CT molecular complexity index is 842. The number of piperidine rings is 1. The number of hydrogen-bond acceptors (Lipinski definition) is 3. The second-order valence-electron chi connectivity index (χ2n) is 7.97. The van der Waals surface area contributed by atoms with Crippen LogP contribution in [0.4, 0.5) is 26.3 Å². The maximum absolute atomic E-state index is 13.2. The monoisotopic (exact) mass is 446 g/mol. The first-order valence-electron chi connectivity index (χ1n) is 9.87. The summed E-state index contributed by atoms with van der Waals surface area (Å²) in [7, 11) is 0. The zero-order valence-electron chi connectivity index (χ0n) is 16.9. The van der Waals surface area contributed by atoms with E-state index in [0.29, 0.717) is 25.9 Å². The van der Waals surface area contributed by atoms with Gasteiger partial charge < -0.3 is 4.74 Å². The van der Waals surface area contributed by atoms with Crippen molar-refractivity contribution in [1.29, 1.82) is 0 Å². The zero-order chi connectivity index (χ0) is 22.9. The van der Waals surface area contributed by atoms with Gasteiger partial charge in [0.25, 0.3) is 0 Å². The van der Waals surface area contributed by atoms with Gasteiger partial charge in [-0.1, -0.05) is 30.3 Å². The van der Waals surface area contributed by atoms with Crippen molar-refractivity contribution in [3.05, 3.63) is 70.8 Å². The summed E-state index contributed by atoms with van der Waals surface area (Å²) in [5.41, 5.74) is -2.26. The van der Waals surface area contributed by atoms with Crippen molar-refractivity contribution in [2.75, 3.05) is 19.7 Å². The molecule has 2 N–H and O–H groups in total. The van der Waals surface area contributed by atoms with Crippen molar-refractivity contribution >= 4 is 0 Å². The van der Waals surface area contributed by atoms with Gasteiger partial charge in [0.05, 0.1) is 23.8 Å². The van der Waals surface area contributed by atoms with E-state index in [9.17, 15) is 26.3 Å². The maximum Gasteiger partial charge on any atom is 0.416 e. The van der Waals surface area contributed by atoms with Crippen LogP contribution in [0.2, 0.25) is 0 Å². The quantitative estimate of drug-likeness (QED) is 0.472. The predicted octanol–water partition coefficient (Wildman–Crippen LogP) is 5.71. The molecular formula is C22H24F6N2O. The average molecular weight is 446 g/mol. The molecule has 170 valence electrons. The van der Waals surface area contributed by atoms with E-state index in [2.05, 4.69) is 0 Å². The standard InChI is InChI=1S/C22H24F6N2O/c1-15(16-11-18(21(23,24)25)13-19(12-16)22(26,27)28)31-14-20(7-9-30(29)10-8-20)17-5-3-2-4-6-17/h2-6,11-13,15H,7-10,14,29H2,1H3. The molecule has 0 aliphatic carbocycles. The van der Waals surface area contributed by atoms with Crippen LogP contribution in [-0.2, 0) is 22.5 Å². The summed E-state index contributed by atoms with van der Waals surface area (Å²) < 4.78 is 84.9. The van der Waals surface area contributed by atoms with E-state index in [1.807, 2.05) is 30.3 Å². The van der Waals surface area contributed by atoms with Crippen molar-refractivity contribution in [3.8, 4) is 0 Å². The third-order valence-corrected chi connectivity index (χ3v) is 5.83. The lowest BCUT2D eigenvalue weighted by Crippen LogP contribution is -2.48. The van der Waals surface area contributed by atoms with Crippen LogP contribution < -0.4 is 5.84 Å². The van der Waals surface area contributed by atoms with Crippen molar-refractivity contribution < 1.29 is 31.1 Å². The largest absolute Gasteiger partial charge is 0.416 e. The highest BCUT2D eigenvalue weighted by Gasteiger charge is 2.39. The Morgan fingerprint density at radius 3 is 1.94 bits per heavy atom. The highest BCUT2D eigenvalue weighted by molar-refractivity contribution is 5.35. The van der Waals surface area contributed by atoms with Crippen molar-refractivity contribution in [3.63, 3.8) is 0 Å². The fourth-order valence-corrected chi connectivity index (χ4v) is 3.85. The number of halogens is 6. The maximum atomic E-state index is 13.2. The normalized spacial score (nSPS) is 18.7. The highest BCUT2D eigenvalue weighted by Crippen LogP contribution is 2.40. The summed E-state index contributed by atoms with van der Waals surface area (Å²) in [5, 5.41) is 1.69. The average Bonchev–Trinajstić information content (AvgIpc) is 2.72. The SMILES string of the molecule is CC(OCC1(c2ccccc2)CCN(N)CC1)c1cc(C(F)(F)F)cc(C(F)(F)F)c1. The molecule has 0 bridgehead atoms. The van der Waals surface area contributed by atoms with Crippen molar-refractivity contribution in [2.45, 2.75) is 43.6 Å². The van der Waals surface area contributed by atoms with Crippen LogP contribution in [-0.4, -0.2) is 24.7 Å². The van der Waals surface area contributed by atoms with Gasteiger partial charge >= 0.3 is 12.4 Å². The molecule has 31 heavy (non-hydrogen) atoms.